The number of anilines is 1. The largest absolute Gasteiger partial charge is 0.444 e. The zero-order valence-corrected chi connectivity index (χ0v) is 20.8. The van der Waals surface area contributed by atoms with Gasteiger partial charge in [0.15, 0.2) is 0 Å². The molecule has 0 bridgehead atoms. The second-order valence-corrected chi connectivity index (χ2v) is 10.4. The van der Waals surface area contributed by atoms with Gasteiger partial charge < -0.3 is 15.0 Å². The van der Waals surface area contributed by atoms with Gasteiger partial charge in [-0.2, -0.15) is 0 Å². The molecule has 1 aromatic heterocycles. The molecule has 2 aliphatic heterocycles. The Morgan fingerprint density at radius 1 is 1.24 bits per heavy atom. The Kier molecular flexibility index (Phi) is 7.30. The van der Waals surface area contributed by atoms with Crippen molar-refractivity contribution in [2.24, 2.45) is 0 Å². The lowest BCUT2D eigenvalue weighted by molar-refractivity contribution is -0.137. The topological polar surface area (TPSA) is 121 Å². The molecule has 3 heterocycles. The number of piperazine rings is 1. The van der Waals surface area contributed by atoms with Crippen molar-refractivity contribution >= 4 is 29.6 Å². The molecule has 2 N–H and O–H groups in total. The minimum Gasteiger partial charge on any atom is -0.444 e. The van der Waals surface area contributed by atoms with E-state index in [4.69, 9.17) is 4.74 Å². The summed E-state index contributed by atoms with van der Waals surface area (Å²) in [6, 6.07) is 3.33. The number of piperidine rings is 1. The van der Waals surface area contributed by atoms with Crippen LogP contribution in [0.15, 0.2) is 18.3 Å². The number of pyridine rings is 1. The summed E-state index contributed by atoms with van der Waals surface area (Å²) in [5.41, 5.74) is -0.736. The van der Waals surface area contributed by atoms with Crippen LogP contribution >= 0.6 is 0 Å². The summed E-state index contributed by atoms with van der Waals surface area (Å²) < 4.78 is 5.49. The Hall–Kier alpha value is -3.01. The van der Waals surface area contributed by atoms with E-state index in [1.54, 1.807) is 30.2 Å². The number of nitrogens with one attached hydrogen (secondary N) is 2. The van der Waals surface area contributed by atoms with Crippen LogP contribution in [-0.4, -0.2) is 75.9 Å². The van der Waals surface area contributed by atoms with Crippen LogP contribution in [-0.2, 0) is 24.5 Å². The molecule has 3 rings (SSSR count). The molecule has 10 heteroatoms. The Morgan fingerprint density at radius 2 is 1.88 bits per heavy atom. The normalized spacial score (nSPS) is 26.1. The average molecular weight is 474 g/mol. The highest BCUT2D eigenvalue weighted by Crippen LogP contribution is 2.32. The van der Waals surface area contributed by atoms with Crippen molar-refractivity contribution in [1.29, 1.82) is 0 Å². The van der Waals surface area contributed by atoms with Crippen LogP contribution in [0.5, 0.6) is 0 Å². The van der Waals surface area contributed by atoms with Gasteiger partial charge in [-0.3, -0.25) is 24.6 Å². The Labute approximate surface area is 200 Å². The fraction of sp³-hybridized carbons (Fsp3) is 0.625. The van der Waals surface area contributed by atoms with Crippen LogP contribution in [0.1, 0.15) is 59.9 Å². The number of imide groups is 1. The molecule has 186 valence electrons. The van der Waals surface area contributed by atoms with E-state index < -0.39 is 11.0 Å². The Bertz CT molecular complexity index is 963. The number of ether oxygens (including phenoxy) is 1. The molecule has 0 spiro atoms. The van der Waals surface area contributed by atoms with Crippen molar-refractivity contribution in [2.75, 3.05) is 25.0 Å². The minimum absolute atomic E-state index is 0.0382. The molecular weight excluding hydrogens is 438 g/mol. The first-order valence-corrected chi connectivity index (χ1v) is 11.6. The van der Waals surface area contributed by atoms with E-state index in [0.29, 0.717) is 30.9 Å². The van der Waals surface area contributed by atoms with Gasteiger partial charge >= 0.3 is 6.09 Å². The SMILES string of the molecule is C[C@@H]1CN(C(=O)OC(C)(C)C)C[C@H](C)N1CC(=O)Nc1cc([C@@]2(C)CCC(=O)NC2=O)ccn1. The highest BCUT2D eigenvalue weighted by Gasteiger charge is 2.40. The summed E-state index contributed by atoms with van der Waals surface area (Å²) >= 11 is 0. The molecule has 0 unspecified atom stereocenters. The maximum Gasteiger partial charge on any atom is 0.410 e. The van der Waals surface area contributed by atoms with Crippen LogP contribution in [0.2, 0.25) is 0 Å². The summed E-state index contributed by atoms with van der Waals surface area (Å²) in [6.45, 7) is 12.3. The number of aromatic nitrogens is 1. The Balaban J connectivity index is 1.62. The molecule has 2 aliphatic rings. The van der Waals surface area contributed by atoms with Crippen molar-refractivity contribution < 1.29 is 23.9 Å². The first-order valence-electron chi connectivity index (χ1n) is 11.6. The van der Waals surface area contributed by atoms with Crippen LogP contribution in [0.25, 0.3) is 0 Å². The summed E-state index contributed by atoms with van der Waals surface area (Å²) in [6.07, 6.45) is 1.85. The predicted molar refractivity (Wildman–Crippen MR) is 126 cm³/mol. The highest BCUT2D eigenvalue weighted by atomic mass is 16.6. The molecule has 2 fully saturated rings. The Morgan fingerprint density at radius 3 is 2.47 bits per heavy atom. The van der Waals surface area contributed by atoms with Gasteiger partial charge in [-0.1, -0.05) is 0 Å². The summed E-state index contributed by atoms with van der Waals surface area (Å²) in [7, 11) is 0. The van der Waals surface area contributed by atoms with E-state index in [0.717, 1.165) is 0 Å². The minimum atomic E-state index is -0.864. The monoisotopic (exact) mass is 473 g/mol. The van der Waals surface area contributed by atoms with Crippen molar-refractivity contribution in [3.63, 3.8) is 0 Å². The molecule has 0 saturated carbocycles. The van der Waals surface area contributed by atoms with Gasteiger partial charge in [0.1, 0.15) is 11.4 Å². The lowest BCUT2D eigenvalue weighted by Gasteiger charge is -2.44. The standard InChI is InChI=1S/C24H35N5O5/c1-15-12-28(22(33)34-23(3,4)5)13-16(2)29(15)14-20(31)26-18-11-17(8-10-25-18)24(6)9-7-19(30)27-21(24)32/h8,10-11,15-16H,7,9,12-14H2,1-6H3,(H,25,26,31)(H,27,30,32)/t15-,16+,24-/m1/s1. The number of rotatable bonds is 4. The first-order chi connectivity index (χ1) is 15.8. The summed E-state index contributed by atoms with van der Waals surface area (Å²) in [5, 5.41) is 5.21. The number of amides is 4. The summed E-state index contributed by atoms with van der Waals surface area (Å²) in [5.74, 6) is -0.513. The molecular formula is C24H35N5O5. The molecule has 0 aliphatic carbocycles. The first kappa shape index (κ1) is 25.6. The van der Waals surface area contributed by atoms with Crippen LogP contribution in [0, 0.1) is 0 Å². The number of carbonyl (C=O) groups excluding carboxylic acids is 4. The molecule has 0 aromatic carbocycles. The zero-order chi connectivity index (χ0) is 25.3. The van der Waals surface area contributed by atoms with E-state index in [1.165, 1.54) is 0 Å². The zero-order valence-electron chi connectivity index (χ0n) is 20.8. The van der Waals surface area contributed by atoms with Gasteiger partial charge in [-0.05, 0) is 65.7 Å². The molecule has 34 heavy (non-hydrogen) atoms. The third-order valence-electron chi connectivity index (χ3n) is 6.35. The molecule has 1 aromatic rings. The lowest BCUT2D eigenvalue weighted by atomic mass is 9.76. The number of nitrogens with zero attached hydrogens (tertiary/aromatic N) is 3. The lowest BCUT2D eigenvalue weighted by Crippen LogP contribution is -2.59. The fourth-order valence-corrected chi connectivity index (χ4v) is 4.41. The number of hydrogen-bond donors (Lipinski definition) is 2. The van der Waals surface area contributed by atoms with Crippen molar-refractivity contribution in [3.8, 4) is 0 Å². The van der Waals surface area contributed by atoms with E-state index in [1.807, 2.05) is 39.5 Å². The maximum atomic E-state index is 12.8. The maximum absolute atomic E-state index is 12.8. The second kappa shape index (κ2) is 9.69. The van der Waals surface area contributed by atoms with Crippen molar-refractivity contribution in [1.82, 2.24) is 20.1 Å². The second-order valence-electron chi connectivity index (χ2n) is 10.4. The quantitative estimate of drug-likeness (QED) is 0.642. The van der Waals surface area contributed by atoms with E-state index in [-0.39, 0.29) is 48.9 Å². The molecule has 3 atom stereocenters. The smallest absolute Gasteiger partial charge is 0.410 e. The van der Waals surface area contributed by atoms with Gasteiger partial charge in [-0.25, -0.2) is 9.78 Å². The average Bonchev–Trinajstić information content (AvgIpc) is 2.72. The molecule has 10 nitrogen and oxygen atoms in total. The van der Waals surface area contributed by atoms with Gasteiger partial charge in [0.25, 0.3) is 0 Å². The molecule has 2 saturated heterocycles. The third-order valence-corrected chi connectivity index (χ3v) is 6.35. The van der Waals surface area contributed by atoms with Gasteiger partial charge in [0.2, 0.25) is 17.7 Å². The van der Waals surface area contributed by atoms with Crippen molar-refractivity contribution in [3.05, 3.63) is 23.9 Å². The molecule has 0 radical (unpaired) electrons. The number of hydrogen-bond acceptors (Lipinski definition) is 7. The predicted octanol–water partition coefficient (Wildman–Crippen LogP) is 2.04. The van der Waals surface area contributed by atoms with Gasteiger partial charge in [-0.15, -0.1) is 0 Å². The van der Waals surface area contributed by atoms with E-state index in [2.05, 4.69) is 15.6 Å². The van der Waals surface area contributed by atoms with Crippen molar-refractivity contribution in [2.45, 2.75) is 77.5 Å². The summed E-state index contributed by atoms with van der Waals surface area (Å²) in [4.78, 5) is 57.2. The van der Waals surface area contributed by atoms with Crippen LogP contribution in [0.3, 0.4) is 0 Å². The van der Waals surface area contributed by atoms with Crippen LogP contribution < -0.4 is 10.6 Å². The van der Waals surface area contributed by atoms with E-state index >= 15 is 0 Å². The third kappa shape index (κ3) is 5.91. The van der Waals surface area contributed by atoms with Gasteiger partial charge in [0.05, 0.1) is 12.0 Å². The fourth-order valence-electron chi connectivity index (χ4n) is 4.41. The highest BCUT2D eigenvalue weighted by molar-refractivity contribution is 6.03. The van der Waals surface area contributed by atoms with Gasteiger partial charge in [0, 0.05) is 37.8 Å². The number of carbonyl (C=O) groups is 4. The van der Waals surface area contributed by atoms with E-state index in [9.17, 15) is 19.2 Å². The molecule has 4 amide bonds. The van der Waals surface area contributed by atoms with Crippen LogP contribution in [0.4, 0.5) is 10.6 Å².